The van der Waals surface area contributed by atoms with Gasteiger partial charge in [0.1, 0.15) is 0 Å². The van der Waals surface area contributed by atoms with Crippen LogP contribution in [-0.2, 0) is 0 Å². The summed E-state index contributed by atoms with van der Waals surface area (Å²) in [6.07, 6.45) is 0. The Hall–Kier alpha value is -6.64. The van der Waals surface area contributed by atoms with Crippen LogP contribution in [-0.4, -0.2) is 9.13 Å². The number of nitrogens with zero attached hydrogens (tertiary/aromatic N) is 2. The lowest BCUT2D eigenvalue weighted by atomic mass is 9.90. The van der Waals surface area contributed by atoms with Gasteiger partial charge in [-0.2, -0.15) is 0 Å². The lowest BCUT2D eigenvalue weighted by molar-refractivity contribution is 1.17. The fraction of sp³-hybridized carbons (Fsp3) is 0. The quantitative estimate of drug-likeness (QED) is 0.178. The van der Waals surface area contributed by atoms with Gasteiger partial charge in [-0.25, -0.2) is 0 Å². The summed E-state index contributed by atoms with van der Waals surface area (Å²) in [6.45, 7) is 0. The maximum Gasteiger partial charge on any atom is 0.0619 e. The lowest BCUT2D eigenvalue weighted by Gasteiger charge is -2.21. The molecule has 0 atom stereocenters. The smallest absolute Gasteiger partial charge is 0.0619 e. The van der Waals surface area contributed by atoms with Gasteiger partial charge in [0.15, 0.2) is 0 Å². The Morgan fingerprint density at radius 1 is 0.280 bits per heavy atom. The molecule has 0 N–H and O–H groups in total. The van der Waals surface area contributed by atoms with E-state index < -0.39 is 0 Å². The minimum absolute atomic E-state index is 1.17. The van der Waals surface area contributed by atoms with Crippen molar-refractivity contribution in [2.45, 2.75) is 0 Å². The number of aromatic nitrogens is 2. The van der Waals surface area contributed by atoms with E-state index in [1.54, 1.807) is 0 Å². The van der Waals surface area contributed by atoms with Crippen molar-refractivity contribution in [1.82, 2.24) is 9.13 Å². The summed E-state index contributed by atoms with van der Waals surface area (Å²) >= 11 is 0. The number of fused-ring (bicyclic) bond motifs is 6. The summed E-state index contributed by atoms with van der Waals surface area (Å²) in [7, 11) is 0. The van der Waals surface area contributed by atoms with Crippen LogP contribution < -0.4 is 0 Å². The molecule has 0 aliphatic heterocycles. The first kappa shape index (κ1) is 28.4. The van der Waals surface area contributed by atoms with Crippen LogP contribution in [0.15, 0.2) is 194 Å². The molecule has 0 radical (unpaired) electrons. The highest BCUT2D eigenvalue weighted by atomic mass is 15.0. The van der Waals surface area contributed by atoms with Crippen LogP contribution in [0.5, 0.6) is 0 Å². The fourth-order valence-electron chi connectivity index (χ4n) is 7.96. The standard InChI is InChI=1S/C48H32N2/c1-4-17-33(18-5-1)36-31-40(34-19-6-2-7-20-34)48(41(32-36)35-21-8-3-9-22-35)50-44-28-15-12-25-39(44)47-45(29-16-30-46(47)50)49-42-26-13-10-23-37(42)38-24-11-14-27-43(38)49/h1-32H. The minimum atomic E-state index is 1.17. The molecule has 0 aliphatic rings. The Labute approximate surface area is 290 Å². The van der Waals surface area contributed by atoms with Crippen molar-refractivity contribution in [3.8, 4) is 44.8 Å². The number of rotatable bonds is 5. The molecule has 0 fully saturated rings. The van der Waals surface area contributed by atoms with Crippen molar-refractivity contribution < 1.29 is 0 Å². The van der Waals surface area contributed by atoms with E-state index in [4.69, 9.17) is 0 Å². The van der Waals surface area contributed by atoms with E-state index in [0.717, 1.165) is 0 Å². The monoisotopic (exact) mass is 636 g/mol. The van der Waals surface area contributed by atoms with Gasteiger partial charge in [0.2, 0.25) is 0 Å². The topological polar surface area (TPSA) is 9.86 Å². The molecule has 0 aliphatic carbocycles. The first-order chi connectivity index (χ1) is 24.8. The number of hydrogen-bond donors (Lipinski definition) is 0. The fourth-order valence-corrected chi connectivity index (χ4v) is 7.96. The van der Waals surface area contributed by atoms with Gasteiger partial charge in [0.05, 0.1) is 33.4 Å². The predicted octanol–water partition coefficient (Wildman–Crippen LogP) is 12.9. The van der Waals surface area contributed by atoms with E-state index >= 15 is 0 Å². The summed E-state index contributed by atoms with van der Waals surface area (Å²) in [4.78, 5) is 0. The third kappa shape index (κ3) is 4.36. The van der Waals surface area contributed by atoms with Gasteiger partial charge in [-0.15, -0.1) is 0 Å². The number of benzene rings is 8. The van der Waals surface area contributed by atoms with Crippen LogP contribution in [0.25, 0.3) is 88.4 Å². The van der Waals surface area contributed by atoms with E-state index in [9.17, 15) is 0 Å². The summed E-state index contributed by atoms with van der Waals surface area (Å²) in [6, 6.07) is 70.4. The molecule has 10 rings (SSSR count). The van der Waals surface area contributed by atoms with Gasteiger partial charge in [0.25, 0.3) is 0 Å². The maximum absolute atomic E-state index is 2.52. The lowest BCUT2D eigenvalue weighted by Crippen LogP contribution is -2.02. The molecule has 2 heterocycles. The first-order valence-corrected chi connectivity index (χ1v) is 17.2. The molecule has 2 aromatic heterocycles. The Balaban J connectivity index is 1.38. The Kier molecular flexibility index (Phi) is 6.53. The SMILES string of the molecule is c1ccc(-c2cc(-c3ccccc3)c(-n3c4ccccc4c4c(-n5c6ccccc6c6ccccc65)cccc43)c(-c3ccccc3)c2)cc1. The normalized spacial score (nSPS) is 11.6. The Morgan fingerprint density at radius 3 is 1.24 bits per heavy atom. The molecule has 234 valence electrons. The third-order valence-corrected chi connectivity index (χ3v) is 10.1. The Morgan fingerprint density at radius 2 is 0.700 bits per heavy atom. The van der Waals surface area contributed by atoms with E-state index in [0.29, 0.717) is 0 Å². The predicted molar refractivity (Wildman–Crippen MR) is 211 cm³/mol. The summed E-state index contributed by atoms with van der Waals surface area (Å²) < 4.78 is 4.97. The molecule has 2 nitrogen and oxygen atoms in total. The molecule has 8 aromatic carbocycles. The first-order valence-electron chi connectivity index (χ1n) is 17.2. The minimum Gasteiger partial charge on any atom is -0.309 e. The maximum atomic E-state index is 2.52. The summed E-state index contributed by atoms with van der Waals surface area (Å²) in [5, 5.41) is 4.99. The second kappa shape index (κ2) is 11.5. The molecule has 0 amide bonds. The molecular formula is C48H32N2. The molecule has 0 bridgehead atoms. The van der Waals surface area contributed by atoms with Gasteiger partial charge in [-0.3, -0.25) is 0 Å². The van der Waals surface area contributed by atoms with Crippen molar-refractivity contribution in [2.75, 3.05) is 0 Å². The molecule has 10 aromatic rings. The second-order valence-corrected chi connectivity index (χ2v) is 12.9. The summed E-state index contributed by atoms with van der Waals surface area (Å²) in [5.41, 5.74) is 14.3. The zero-order valence-corrected chi connectivity index (χ0v) is 27.4. The van der Waals surface area contributed by atoms with Gasteiger partial charge < -0.3 is 9.13 Å². The van der Waals surface area contributed by atoms with Crippen molar-refractivity contribution in [3.05, 3.63) is 194 Å². The largest absolute Gasteiger partial charge is 0.309 e. The average molecular weight is 637 g/mol. The van der Waals surface area contributed by atoms with Crippen LogP contribution in [0, 0.1) is 0 Å². The van der Waals surface area contributed by atoms with Crippen molar-refractivity contribution in [3.63, 3.8) is 0 Å². The van der Waals surface area contributed by atoms with Crippen LogP contribution in [0.2, 0.25) is 0 Å². The van der Waals surface area contributed by atoms with Crippen LogP contribution in [0.3, 0.4) is 0 Å². The molecule has 0 saturated carbocycles. The number of para-hydroxylation sites is 3. The van der Waals surface area contributed by atoms with Crippen LogP contribution >= 0.6 is 0 Å². The highest BCUT2D eigenvalue weighted by Gasteiger charge is 2.24. The second-order valence-electron chi connectivity index (χ2n) is 12.9. The number of hydrogen-bond acceptors (Lipinski definition) is 0. The molecular weight excluding hydrogens is 605 g/mol. The molecule has 0 unspecified atom stereocenters. The van der Waals surface area contributed by atoms with Gasteiger partial charge in [-0.1, -0.05) is 152 Å². The zero-order valence-electron chi connectivity index (χ0n) is 27.4. The van der Waals surface area contributed by atoms with Crippen LogP contribution in [0.1, 0.15) is 0 Å². The zero-order chi connectivity index (χ0) is 33.0. The van der Waals surface area contributed by atoms with Gasteiger partial charge in [-0.05, 0) is 64.7 Å². The van der Waals surface area contributed by atoms with Crippen molar-refractivity contribution in [1.29, 1.82) is 0 Å². The average Bonchev–Trinajstić information content (AvgIpc) is 3.71. The van der Waals surface area contributed by atoms with Gasteiger partial charge in [0, 0.05) is 32.7 Å². The van der Waals surface area contributed by atoms with E-state index in [1.807, 2.05) is 0 Å². The molecule has 2 heteroatoms. The summed E-state index contributed by atoms with van der Waals surface area (Å²) in [5.74, 6) is 0. The van der Waals surface area contributed by atoms with Gasteiger partial charge >= 0.3 is 0 Å². The molecule has 50 heavy (non-hydrogen) atoms. The van der Waals surface area contributed by atoms with E-state index in [-0.39, 0.29) is 0 Å². The Bertz CT molecular complexity index is 2730. The molecule has 0 saturated heterocycles. The highest BCUT2D eigenvalue weighted by molar-refractivity contribution is 6.17. The van der Waals surface area contributed by atoms with E-state index in [1.165, 1.54) is 88.4 Å². The molecule has 0 spiro atoms. The highest BCUT2D eigenvalue weighted by Crippen LogP contribution is 2.45. The van der Waals surface area contributed by atoms with E-state index in [2.05, 4.69) is 203 Å². The van der Waals surface area contributed by atoms with Crippen molar-refractivity contribution >= 4 is 43.6 Å². The third-order valence-electron chi connectivity index (χ3n) is 10.1. The van der Waals surface area contributed by atoms with Crippen LogP contribution in [0.4, 0.5) is 0 Å². The van der Waals surface area contributed by atoms with Crippen molar-refractivity contribution in [2.24, 2.45) is 0 Å².